The third-order valence-corrected chi connectivity index (χ3v) is 3.38. The molecule has 2 unspecified atom stereocenters. The summed E-state index contributed by atoms with van der Waals surface area (Å²) in [5, 5.41) is 8.36. The third-order valence-electron chi connectivity index (χ3n) is 3.38. The van der Waals surface area contributed by atoms with Gasteiger partial charge in [0.2, 0.25) is 0 Å². The van der Waals surface area contributed by atoms with Crippen LogP contribution in [0.15, 0.2) is 6.07 Å². The summed E-state index contributed by atoms with van der Waals surface area (Å²) in [4.78, 5) is 4.38. The molecule has 1 fully saturated rings. The Morgan fingerprint density at radius 1 is 1.39 bits per heavy atom. The molecule has 0 amide bonds. The van der Waals surface area contributed by atoms with Crippen LogP contribution in [0.2, 0.25) is 0 Å². The molecule has 0 saturated carbocycles. The topological polar surface area (TPSA) is 78.3 Å². The molecule has 0 spiro atoms. The molecule has 0 aliphatic carbocycles. The summed E-state index contributed by atoms with van der Waals surface area (Å²) in [5.41, 5.74) is 7.66. The van der Waals surface area contributed by atoms with Gasteiger partial charge < -0.3 is 10.5 Å². The summed E-state index contributed by atoms with van der Waals surface area (Å²) >= 11 is 0. The van der Waals surface area contributed by atoms with Crippen LogP contribution in [0.25, 0.3) is 5.78 Å². The molecule has 2 aromatic heterocycles. The van der Waals surface area contributed by atoms with Gasteiger partial charge in [-0.15, -0.1) is 10.2 Å². The second kappa shape index (κ2) is 4.29. The minimum absolute atomic E-state index is 0.0169. The number of aryl methyl sites for hydroxylation is 2. The Labute approximate surface area is 105 Å². The van der Waals surface area contributed by atoms with Crippen LogP contribution in [0.3, 0.4) is 0 Å². The predicted octanol–water partition coefficient (Wildman–Crippen LogP) is 0.920. The summed E-state index contributed by atoms with van der Waals surface area (Å²) in [7, 11) is 0. The lowest BCUT2D eigenvalue weighted by molar-refractivity contribution is 0.0441. The van der Waals surface area contributed by atoms with Crippen molar-refractivity contribution < 1.29 is 4.74 Å². The molecule has 6 nitrogen and oxygen atoms in total. The van der Waals surface area contributed by atoms with Crippen LogP contribution >= 0.6 is 0 Å². The molecule has 0 radical (unpaired) electrons. The smallest absolute Gasteiger partial charge is 0.255 e. The quantitative estimate of drug-likeness (QED) is 0.853. The van der Waals surface area contributed by atoms with Crippen LogP contribution in [0.1, 0.15) is 36.2 Å². The highest BCUT2D eigenvalue weighted by atomic mass is 16.5. The number of aromatic nitrogens is 4. The maximum atomic E-state index is 5.87. The highest BCUT2D eigenvalue weighted by Gasteiger charge is 2.29. The van der Waals surface area contributed by atoms with Crippen molar-refractivity contribution in [3.63, 3.8) is 0 Å². The first kappa shape index (κ1) is 11.6. The van der Waals surface area contributed by atoms with E-state index >= 15 is 0 Å². The maximum absolute atomic E-state index is 5.87. The fraction of sp³-hybridized carbons (Fsp3) is 0.583. The first-order valence-electron chi connectivity index (χ1n) is 6.24. The SMILES string of the molecule is Cc1cc(C)n2c(C3CCC(CN)O3)nnc2n1. The Balaban J connectivity index is 2.03. The summed E-state index contributed by atoms with van der Waals surface area (Å²) in [5.74, 6) is 1.48. The van der Waals surface area contributed by atoms with Crippen LogP contribution in [-0.4, -0.2) is 32.2 Å². The van der Waals surface area contributed by atoms with Gasteiger partial charge in [0.1, 0.15) is 6.10 Å². The summed E-state index contributed by atoms with van der Waals surface area (Å²) in [6.45, 7) is 4.55. The maximum Gasteiger partial charge on any atom is 0.255 e. The van der Waals surface area contributed by atoms with Crippen molar-refractivity contribution in [2.24, 2.45) is 5.73 Å². The lowest BCUT2D eigenvalue weighted by Gasteiger charge is -2.11. The van der Waals surface area contributed by atoms with E-state index in [4.69, 9.17) is 10.5 Å². The fourth-order valence-corrected chi connectivity index (χ4v) is 2.53. The van der Waals surface area contributed by atoms with E-state index in [-0.39, 0.29) is 12.2 Å². The van der Waals surface area contributed by atoms with Gasteiger partial charge in [-0.25, -0.2) is 4.98 Å². The lowest BCUT2D eigenvalue weighted by Crippen LogP contribution is -2.19. The van der Waals surface area contributed by atoms with Gasteiger partial charge in [-0.1, -0.05) is 0 Å². The predicted molar refractivity (Wildman–Crippen MR) is 66.2 cm³/mol. The molecular formula is C12H17N5O. The second-order valence-electron chi connectivity index (χ2n) is 4.79. The molecule has 1 saturated heterocycles. The van der Waals surface area contributed by atoms with Gasteiger partial charge in [0.25, 0.3) is 5.78 Å². The molecule has 3 heterocycles. The number of nitrogens with zero attached hydrogens (tertiary/aromatic N) is 4. The molecule has 2 N–H and O–H groups in total. The minimum atomic E-state index is -0.0169. The third kappa shape index (κ3) is 1.77. The summed E-state index contributed by atoms with van der Waals surface area (Å²) in [6, 6.07) is 2.02. The van der Waals surface area contributed by atoms with Gasteiger partial charge in [0.05, 0.1) is 6.10 Å². The summed E-state index contributed by atoms with van der Waals surface area (Å²) < 4.78 is 7.84. The number of fused-ring (bicyclic) bond motifs is 1. The van der Waals surface area contributed by atoms with E-state index in [0.717, 1.165) is 30.1 Å². The molecule has 2 aromatic rings. The van der Waals surface area contributed by atoms with Crippen molar-refractivity contribution in [1.29, 1.82) is 0 Å². The molecule has 0 bridgehead atoms. The number of ether oxygens (including phenoxy) is 1. The van der Waals surface area contributed by atoms with Crippen molar-refractivity contribution >= 4 is 5.78 Å². The zero-order valence-corrected chi connectivity index (χ0v) is 10.6. The zero-order valence-electron chi connectivity index (χ0n) is 10.6. The second-order valence-corrected chi connectivity index (χ2v) is 4.79. The van der Waals surface area contributed by atoms with Gasteiger partial charge in [0.15, 0.2) is 5.82 Å². The normalized spacial score (nSPS) is 23.9. The summed E-state index contributed by atoms with van der Waals surface area (Å²) in [6.07, 6.45) is 2.04. The molecule has 0 aromatic carbocycles. The van der Waals surface area contributed by atoms with Crippen LogP contribution in [0.4, 0.5) is 0 Å². The zero-order chi connectivity index (χ0) is 12.7. The first-order valence-corrected chi connectivity index (χ1v) is 6.24. The Hall–Kier alpha value is -1.53. The fourth-order valence-electron chi connectivity index (χ4n) is 2.53. The van der Waals surface area contributed by atoms with Crippen molar-refractivity contribution in [1.82, 2.24) is 19.6 Å². The molecule has 6 heteroatoms. The lowest BCUT2D eigenvalue weighted by atomic mass is 10.2. The molecule has 3 rings (SSSR count). The highest BCUT2D eigenvalue weighted by Crippen LogP contribution is 2.31. The van der Waals surface area contributed by atoms with Gasteiger partial charge in [0, 0.05) is 17.9 Å². The molecule has 96 valence electrons. The average Bonchev–Trinajstić information content (AvgIpc) is 2.93. The molecule has 1 aliphatic rings. The first-order chi connectivity index (χ1) is 8.69. The minimum Gasteiger partial charge on any atom is -0.366 e. The van der Waals surface area contributed by atoms with Crippen molar-refractivity contribution in [2.45, 2.75) is 38.9 Å². The number of hydrogen-bond acceptors (Lipinski definition) is 5. The molecular weight excluding hydrogens is 230 g/mol. The van der Waals surface area contributed by atoms with E-state index in [2.05, 4.69) is 15.2 Å². The van der Waals surface area contributed by atoms with Crippen LogP contribution in [-0.2, 0) is 4.74 Å². The van der Waals surface area contributed by atoms with E-state index in [1.54, 1.807) is 0 Å². The molecule has 18 heavy (non-hydrogen) atoms. The number of rotatable bonds is 2. The van der Waals surface area contributed by atoms with E-state index in [9.17, 15) is 0 Å². The van der Waals surface area contributed by atoms with Gasteiger partial charge in [-0.2, -0.15) is 0 Å². The average molecular weight is 247 g/mol. The van der Waals surface area contributed by atoms with Crippen molar-refractivity contribution in [2.75, 3.05) is 6.54 Å². The van der Waals surface area contributed by atoms with E-state index in [0.29, 0.717) is 12.3 Å². The van der Waals surface area contributed by atoms with Crippen molar-refractivity contribution in [3.8, 4) is 0 Å². The monoisotopic (exact) mass is 247 g/mol. The Bertz CT molecular complexity index is 579. The van der Waals surface area contributed by atoms with Gasteiger partial charge in [-0.05, 0) is 32.8 Å². The van der Waals surface area contributed by atoms with E-state index in [1.807, 2.05) is 24.3 Å². The Morgan fingerprint density at radius 3 is 2.94 bits per heavy atom. The largest absolute Gasteiger partial charge is 0.366 e. The van der Waals surface area contributed by atoms with Gasteiger partial charge >= 0.3 is 0 Å². The molecule has 1 aliphatic heterocycles. The number of nitrogens with two attached hydrogens (primary N) is 1. The number of hydrogen-bond donors (Lipinski definition) is 1. The van der Waals surface area contributed by atoms with Crippen LogP contribution in [0.5, 0.6) is 0 Å². The Morgan fingerprint density at radius 2 is 2.22 bits per heavy atom. The van der Waals surface area contributed by atoms with E-state index in [1.165, 1.54) is 0 Å². The van der Waals surface area contributed by atoms with E-state index < -0.39 is 0 Å². The standard InChI is InChI=1S/C12H17N5O/c1-7-5-8(2)17-11(15-16-12(17)14-7)10-4-3-9(6-13)18-10/h5,9-10H,3-4,6,13H2,1-2H3. The Kier molecular flexibility index (Phi) is 2.76. The molecule has 2 atom stereocenters. The van der Waals surface area contributed by atoms with Crippen LogP contribution < -0.4 is 5.73 Å². The van der Waals surface area contributed by atoms with Crippen molar-refractivity contribution in [3.05, 3.63) is 23.3 Å². The van der Waals surface area contributed by atoms with Gasteiger partial charge in [-0.3, -0.25) is 4.40 Å². The van der Waals surface area contributed by atoms with Crippen LogP contribution in [0, 0.1) is 13.8 Å². The highest BCUT2D eigenvalue weighted by molar-refractivity contribution is 5.33.